The molecule has 9 heteroatoms. The fourth-order valence-corrected chi connectivity index (χ4v) is 2.60. The lowest BCUT2D eigenvalue weighted by Crippen LogP contribution is -2.31. The summed E-state index contributed by atoms with van der Waals surface area (Å²) in [6.45, 7) is 0.157. The van der Waals surface area contributed by atoms with Crippen molar-refractivity contribution in [2.24, 2.45) is 0 Å². The van der Waals surface area contributed by atoms with Crippen LogP contribution in [0.2, 0.25) is 5.02 Å². The Kier molecular flexibility index (Phi) is 7.63. The third-order valence-corrected chi connectivity index (χ3v) is 4.32. The van der Waals surface area contributed by atoms with Crippen molar-refractivity contribution in [1.82, 2.24) is 10.6 Å². The summed E-state index contributed by atoms with van der Waals surface area (Å²) in [5, 5.41) is 10.7. The molecule has 0 aliphatic carbocycles. The fourth-order valence-electron chi connectivity index (χ4n) is 2.13. The Morgan fingerprint density at radius 1 is 1.00 bits per heavy atom. The van der Waals surface area contributed by atoms with Crippen LogP contribution in [-0.4, -0.2) is 31.4 Å². The summed E-state index contributed by atoms with van der Waals surface area (Å²) < 4.78 is 0.909. The number of urea groups is 1. The lowest BCUT2D eigenvalue weighted by molar-refractivity contribution is -0.116. The second kappa shape index (κ2) is 9.94. The quantitative estimate of drug-likeness (QED) is 0.537. The summed E-state index contributed by atoms with van der Waals surface area (Å²) in [6, 6.07) is 11.3. The normalized spacial score (nSPS) is 10.0. The van der Waals surface area contributed by atoms with Crippen LogP contribution in [0.5, 0.6) is 0 Å². The Morgan fingerprint density at radius 2 is 1.67 bits per heavy atom. The van der Waals surface area contributed by atoms with Crippen LogP contribution in [0.4, 0.5) is 16.2 Å². The molecule has 27 heavy (non-hydrogen) atoms. The summed E-state index contributed by atoms with van der Waals surface area (Å²) in [6.07, 6.45) is 0.0751. The van der Waals surface area contributed by atoms with Gasteiger partial charge in [0.15, 0.2) is 0 Å². The van der Waals surface area contributed by atoms with Crippen molar-refractivity contribution in [2.45, 2.75) is 6.42 Å². The first-order chi connectivity index (χ1) is 12.9. The first kappa shape index (κ1) is 20.7. The Morgan fingerprint density at radius 3 is 2.33 bits per heavy atom. The van der Waals surface area contributed by atoms with E-state index in [9.17, 15) is 14.4 Å². The van der Waals surface area contributed by atoms with Gasteiger partial charge in [-0.1, -0.05) is 27.5 Å². The van der Waals surface area contributed by atoms with E-state index in [2.05, 4.69) is 37.2 Å². The Labute approximate surface area is 170 Å². The second-order valence-electron chi connectivity index (χ2n) is 5.46. The molecule has 2 rings (SSSR count). The lowest BCUT2D eigenvalue weighted by atomic mass is 10.2. The van der Waals surface area contributed by atoms with E-state index >= 15 is 0 Å². The highest BCUT2D eigenvalue weighted by Crippen LogP contribution is 2.20. The van der Waals surface area contributed by atoms with Gasteiger partial charge in [-0.2, -0.15) is 0 Å². The minimum Gasteiger partial charge on any atom is -0.355 e. The molecule has 0 aliphatic rings. The predicted molar refractivity (Wildman–Crippen MR) is 109 cm³/mol. The standard InChI is InChI=1S/C18H18BrClN4O3/c1-21-17(26)14-10-13(6-7-15(14)20)23-16(25)8-9-22-18(27)24-12-4-2-11(19)3-5-12/h2-7,10H,8-9H2,1H3,(H,21,26)(H,23,25)(H2,22,24,27). The van der Waals surface area contributed by atoms with Crippen LogP contribution in [-0.2, 0) is 4.79 Å². The van der Waals surface area contributed by atoms with Gasteiger partial charge in [-0.3, -0.25) is 9.59 Å². The molecule has 2 aromatic carbocycles. The summed E-state index contributed by atoms with van der Waals surface area (Å²) in [5.41, 5.74) is 1.36. The number of rotatable bonds is 6. The number of amides is 4. The molecule has 0 unspecified atom stereocenters. The van der Waals surface area contributed by atoms with Crippen LogP contribution in [0.1, 0.15) is 16.8 Å². The van der Waals surface area contributed by atoms with E-state index in [0.717, 1.165) is 4.47 Å². The molecule has 0 saturated carbocycles. The summed E-state index contributed by atoms with van der Waals surface area (Å²) >= 11 is 9.28. The molecule has 142 valence electrons. The molecule has 0 saturated heterocycles. The van der Waals surface area contributed by atoms with Gasteiger partial charge in [0.05, 0.1) is 10.6 Å². The molecule has 7 nitrogen and oxygen atoms in total. The molecule has 0 radical (unpaired) electrons. The Balaban J connectivity index is 1.80. The molecule has 0 aromatic heterocycles. The monoisotopic (exact) mass is 452 g/mol. The topological polar surface area (TPSA) is 99.3 Å². The highest BCUT2D eigenvalue weighted by atomic mass is 79.9. The van der Waals surface area contributed by atoms with Crippen LogP contribution in [0.15, 0.2) is 46.9 Å². The molecule has 0 fully saturated rings. The van der Waals surface area contributed by atoms with Crippen molar-refractivity contribution < 1.29 is 14.4 Å². The summed E-state index contributed by atoms with van der Waals surface area (Å²) in [4.78, 5) is 35.5. The first-order valence-corrected chi connectivity index (χ1v) is 9.18. The molecular weight excluding hydrogens is 436 g/mol. The van der Waals surface area contributed by atoms with Crippen LogP contribution in [0.3, 0.4) is 0 Å². The van der Waals surface area contributed by atoms with Crippen LogP contribution in [0, 0.1) is 0 Å². The van der Waals surface area contributed by atoms with Gasteiger partial charge in [0.2, 0.25) is 5.91 Å². The van der Waals surface area contributed by atoms with E-state index in [1.807, 2.05) is 12.1 Å². The zero-order chi connectivity index (χ0) is 19.8. The number of carbonyl (C=O) groups excluding carboxylic acids is 3. The SMILES string of the molecule is CNC(=O)c1cc(NC(=O)CCNC(=O)Nc2ccc(Br)cc2)ccc1Cl. The van der Waals surface area contributed by atoms with E-state index in [1.54, 1.807) is 18.2 Å². The number of nitrogens with one attached hydrogen (secondary N) is 4. The van der Waals surface area contributed by atoms with Gasteiger partial charge in [0.1, 0.15) is 0 Å². The zero-order valence-electron chi connectivity index (χ0n) is 14.4. The van der Waals surface area contributed by atoms with Crippen LogP contribution in [0.25, 0.3) is 0 Å². The smallest absolute Gasteiger partial charge is 0.319 e. The number of benzene rings is 2. The summed E-state index contributed by atoms with van der Waals surface area (Å²) in [7, 11) is 1.49. The lowest BCUT2D eigenvalue weighted by Gasteiger charge is -2.10. The van der Waals surface area contributed by atoms with Gasteiger partial charge < -0.3 is 21.3 Å². The molecule has 0 bridgehead atoms. The van der Waals surface area contributed by atoms with Gasteiger partial charge in [-0.25, -0.2) is 4.79 Å². The second-order valence-corrected chi connectivity index (χ2v) is 6.78. The van der Waals surface area contributed by atoms with E-state index in [-0.39, 0.29) is 30.3 Å². The molecule has 2 aromatic rings. The zero-order valence-corrected chi connectivity index (χ0v) is 16.8. The minimum atomic E-state index is -0.404. The molecule has 4 N–H and O–H groups in total. The van der Waals surface area contributed by atoms with Gasteiger partial charge in [-0.05, 0) is 42.5 Å². The van der Waals surface area contributed by atoms with Crippen molar-refractivity contribution in [2.75, 3.05) is 24.2 Å². The average Bonchev–Trinajstić information content (AvgIpc) is 2.64. The number of anilines is 2. The van der Waals surface area contributed by atoms with E-state index in [0.29, 0.717) is 16.4 Å². The predicted octanol–water partition coefficient (Wildman–Crippen LogP) is 3.61. The summed E-state index contributed by atoms with van der Waals surface area (Å²) in [5.74, 6) is -0.647. The highest BCUT2D eigenvalue weighted by Gasteiger charge is 2.11. The third kappa shape index (κ3) is 6.58. The molecule has 0 spiro atoms. The van der Waals surface area contributed by atoms with Crippen molar-refractivity contribution in [3.8, 4) is 0 Å². The van der Waals surface area contributed by atoms with Crippen molar-refractivity contribution in [1.29, 1.82) is 0 Å². The fraction of sp³-hybridized carbons (Fsp3) is 0.167. The Hall–Kier alpha value is -2.58. The molecular formula is C18H18BrClN4O3. The van der Waals surface area contributed by atoms with E-state index < -0.39 is 6.03 Å². The van der Waals surface area contributed by atoms with Gasteiger partial charge >= 0.3 is 6.03 Å². The van der Waals surface area contributed by atoms with Gasteiger partial charge in [-0.15, -0.1) is 0 Å². The van der Waals surface area contributed by atoms with Crippen molar-refractivity contribution in [3.05, 3.63) is 57.5 Å². The first-order valence-electron chi connectivity index (χ1n) is 8.01. The van der Waals surface area contributed by atoms with Crippen LogP contribution < -0.4 is 21.3 Å². The van der Waals surface area contributed by atoms with Gasteiger partial charge in [0.25, 0.3) is 5.91 Å². The maximum atomic E-state index is 12.0. The van der Waals surface area contributed by atoms with Crippen LogP contribution >= 0.6 is 27.5 Å². The maximum Gasteiger partial charge on any atom is 0.319 e. The minimum absolute atomic E-state index is 0.0751. The maximum absolute atomic E-state index is 12.0. The number of hydrogen-bond donors (Lipinski definition) is 4. The number of carbonyl (C=O) groups is 3. The highest BCUT2D eigenvalue weighted by molar-refractivity contribution is 9.10. The van der Waals surface area contributed by atoms with E-state index in [1.165, 1.54) is 19.2 Å². The van der Waals surface area contributed by atoms with E-state index in [4.69, 9.17) is 11.6 Å². The average molecular weight is 454 g/mol. The third-order valence-electron chi connectivity index (χ3n) is 3.46. The number of hydrogen-bond acceptors (Lipinski definition) is 3. The molecule has 0 atom stereocenters. The molecule has 0 aliphatic heterocycles. The Bertz CT molecular complexity index is 843. The molecule has 4 amide bonds. The van der Waals surface area contributed by atoms with Crippen molar-refractivity contribution in [3.63, 3.8) is 0 Å². The molecule has 0 heterocycles. The van der Waals surface area contributed by atoms with Gasteiger partial charge in [0, 0.05) is 35.9 Å². The van der Waals surface area contributed by atoms with Crippen molar-refractivity contribution >= 4 is 56.8 Å². The number of halogens is 2. The largest absolute Gasteiger partial charge is 0.355 e.